The lowest BCUT2D eigenvalue weighted by Crippen LogP contribution is -2.59. The fraction of sp³-hybridized carbons (Fsp3) is 0.929. The van der Waals surface area contributed by atoms with Crippen LogP contribution in [0.3, 0.4) is 0 Å². The smallest absolute Gasteiger partial charge is 0.220 e. The van der Waals surface area contributed by atoms with Crippen LogP contribution in [0.1, 0.15) is 19.8 Å². The zero-order chi connectivity index (χ0) is 17.2. The van der Waals surface area contributed by atoms with Crippen LogP contribution in [0, 0.1) is 0 Å². The van der Waals surface area contributed by atoms with E-state index in [9.17, 15) is 20.1 Å². The summed E-state index contributed by atoms with van der Waals surface area (Å²) in [6, 6.07) is 0. The Morgan fingerprint density at radius 3 is 2.61 bits per heavy atom. The number of thioether (sulfide) groups is 1. The summed E-state index contributed by atoms with van der Waals surface area (Å²) < 4.78 is 10.6. The number of ether oxygens (including phenoxy) is 2. The lowest BCUT2D eigenvalue weighted by atomic mass is 9.99. The number of amides is 1. The third-order valence-corrected chi connectivity index (χ3v) is 4.48. The summed E-state index contributed by atoms with van der Waals surface area (Å²) in [5.74, 6) is 1.56. The molecule has 1 amide bonds. The predicted octanol–water partition coefficient (Wildman–Crippen LogP) is -1.55. The van der Waals surface area contributed by atoms with Crippen molar-refractivity contribution in [1.82, 2.24) is 5.32 Å². The van der Waals surface area contributed by atoms with Crippen molar-refractivity contribution >= 4 is 17.7 Å². The molecule has 23 heavy (non-hydrogen) atoms. The van der Waals surface area contributed by atoms with Crippen molar-refractivity contribution in [2.24, 2.45) is 0 Å². The van der Waals surface area contributed by atoms with Gasteiger partial charge in [0.15, 0.2) is 6.29 Å². The molecule has 1 fully saturated rings. The van der Waals surface area contributed by atoms with Gasteiger partial charge in [0.2, 0.25) is 5.91 Å². The summed E-state index contributed by atoms with van der Waals surface area (Å²) in [6.45, 7) is 2.34. The molecule has 1 aliphatic heterocycles. The number of aliphatic hydroxyl groups excluding tert-OH is 4. The lowest BCUT2D eigenvalue weighted by Gasteiger charge is -2.39. The summed E-state index contributed by atoms with van der Waals surface area (Å²) in [5.41, 5.74) is 0. The molecule has 0 bridgehead atoms. The number of nitrogens with one attached hydrogen (secondary N) is 1. The first-order valence-electron chi connectivity index (χ1n) is 7.77. The highest BCUT2D eigenvalue weighted by atomic mass is 32.2. The zero-order valence-corrected chi connectivity index (χ0v) is 14.1. The molecule has 0 saturated carbocycles. The maximum Gasteiger partial charge on any atom is 0.220 e. The first-order valence-corrected chi connectivity index (χ1v) is 8.93. The number of aliphatic hydroxyl groups is 4. The van der Waals surface area contributed by atoms with Crippen LogP contribution < -0.4 is 5.32 Å². The van der Waals surface area contributed by atoms with Gasteiger partial charge >= 0.3 is 0 Å². The normalized spacial score (nSPS) is 31.1. The molecular weight excluding hydrogens is 326 g/mol. The van der Waals surface area contributed by atoms with Gasteiger partial charge in [-0.05, 0) is 19.1 Å². The molecule has 0 aromatic carbocycles. The van der Waals surface area contributed by atoms with E-state index < -0.39 is 37.3 Å². The Morgan fingerprint density at radius 1 is 1.22 bits per heavy atom. The van der Waals surface area contributed by atoms with E-state index in [0.29, 0.717) is 26.0 Å². The van der Waals surface area contributed by atoms with Gasteiger partial charge in [0.05, 0.1) is 13.2 Å². The minimum Gasteiger partial charge on any atom is -0.394 e. The van der Waals surface area contributed by atoms with Gasteiger partial charge < -0.3 is 35.2 Å². The third-order valence-electron chi connectivity index (χ3n) is 3.41. The highest BCUT2D eigenvalue weighted by Crippen LogP contribution is 2.22. The summed E-state index contributed by atoms with van der Waals surface area (Å²) in [7, 11) is 0. The van der Waals surface area contributed by atoms with E-state index in [1.165, 1.54) is 0 Å². The third kappa shape index (κ3) is 6.92. The molecule has 9 heteroatoms. The Hall–Kier alpha value is -0.420. The molecule has 0 radical (unpaired) electrons. The molecule has 8 nitrogen and oxygen atoms in total. The molecular formula is C14H27NO7S. The van der Waals surface area contributed by atoms with Crippen LogP contribution in [0.15, 0.2) is 0 Å². The van der Waals surface area contributed by atoms with Crippen molar-refractivity contribution in [1.29, 1.82) is 0 Å². The van der Waals surface area contributed by atoms with E-state index in [2.05, 4.69) is 5.32 Å². The molecule has 5 atom stereocenters. The Labute approximate surface area is 140 Å². The summed E-state index contributed by atoms with van der Waals surface area (Å²) in [4.78, 5) is 11.2. The number of hydrogen-bond donors (Lipinski definition) is 5. The van der Waals surface area contributed by atoms with E-state index in [1.807, 2.05) is 6.92 Å². The highest BCUT2D eigenvalue weighted by molar-refractivity contribution is 7.99. The summed E-state index contributed by atoms with van der Waals surface area (Å²) in [5, 5.41) is 40.8. The first-order chi connectivity index (χ1) is 11.0. The second-order valence-corrected chi connectivity index (χ2v) is 6.46. The predicted molar refractivity (Wildman–Crippen MR) is 85.0 cm³/mol. The second kappa shape index (κ2) is 11.2. The minimum absolute atomic E-state index is 0.0394. The highest BCUT2D eigenvalue weighted by Gasteiger charge is 2.43. The van der Waals surface area contributed by atoms with Gasteiger partial charge in [-0.3, -0.25) is 4.79 Å². The van der Waals surface area contributed by atoms with E-state index in [4.69, 9.17) is 14.6 Å². The van der Waals surface area contributed by atoms with Crippen LogP contribution in [-0.2, 0) is 14.3 Å². The molecule has 0 spiro atoms. The number of rotatable bonds is 10. The van der Waals surface area contributed by atoms with Crippen molar-refractivity contribution < 1.29 is 34.7 Å². The number of carbonyl (C=O) groups is 1. The molecule has 0 aromatic rings. The first kappa shape index (κ1) is 20.6. The number of hydrogen-bond acceptors (Lipinski definition) is 8. The van der Waals surface area contributed by atoms with Crippen LogP contribution in [0.4, 0.5) is 0 Å². The largest absolute Gasteiger partial charge is 0.394 e. The maximum atomic E-state index is 11.2. The minimum atomic E-state index is -1.42. The Bertz CT molecular complexity index is 345. The van der Waals surface area contributed by atoms with E-state index in [-0.39, 0.29) is 5.91 Å². The SMILES string of the molecule is CCNC(=O)CCSCCCO[C@H]1OC(CO)[C@H](O)[C@H](O)C1O. The molecule has 0 aromatic heterocycles. The van der Waals surface area contributed by atoms with Crippen LogP contribution in [0.25, 0.3) is 0 Å². The quantitative estimate of drug-likeness (QED) is 0.299. The van der Waals surface area contributed by atoms with Gasteiger partial charge in [-0.2, -0.15) is 11.8 Å². The van der Waals surface area contributed by atoms with Gasteiger partial charge in [0.1, 0.15) is 24.4 Å². The van der Waals surface area contributed by atoms with E-state index in [0.717, 1.165) is 11.5 Å². The van der Waals surface area contributed by atoms with Gasteiger partial charge in [-0.1, -0.05) is 0 Å². The summed E-state index contributed by atoms with van der Waals surface area (Å²) in [6.07, 6.45) is -5.02. The zero-order valence-electron chi connectivity index (χ0n) is 13.3. The van der Waals surface area contributed by atoms with Crippen LogP contribution in [0.5, 0.6) is 0 Å². The molecule has 2 unspecified atom stereocenters. The average Bonchev–Trinajstić information content (AvgIpc) is 2.54. The van der Waals surface area contributed by atoms with Crippen molar-refractivity contribution in [3.63, 3.8) is 0 Å². The van der Waals surface area contributed by atoms with Gasteiger partial charge in [0.25, 0.3) is 0 Å². The van der Waals surface area contributed by atoms with Gasteiger partial charge in [0, 0.05) is 18.7 Å². The molecule has 1 aliphatic rings. The molecule has 1 rings (SSSR count). The monoisotopic (exact) mass is 353 g/mol. The van der Waals surface area contributed by atoms with E-state index >= 15 is 0 Å². The Kier molecular flexibility index (Phi) is 10.0. The topological polar surface area (TPSA) is 128 Å². The van der Waals surface area contributed by atoms with Crippen molar-refractivity contribution in [3.05, 3.63) is 0 Å². The van der Waals surface area contributed by atoms with Crippen molar-refractivity contribution in [3.8, 4) is 0 Å². The fourth-order valence-corrected chi connectivity index (χ4v) is 2.97. The molecule has 1 heterocycles. The summed E-state index contributed by atoms with van der Waals surface area (Å²) >= 11 is 1.63. The fourth-order valence-electron chi connectivity index (χ4n) is 2.12. The average molecular weight is 353 g/mol. The molecule has 5 N–H and O–H groups in total. The maximum absolute atomic E-state index is 11.2. The van der Waals surface area contributed by atoms with Gasteiger partial charge in [-0.15, -0.1) is 0 Å². The van der Waals surface area contributed by atoms with Crippen molar-refractivity contribution in [2.75, 3.05) is 31.3 Å². The van der Waals surface area contributed by atoms with Gasteiger partial charge in [-0.25, -0.2) is 0 Å². The Balaban J connectivity index is 2.14. The van der Waals surface area contributed by atoms with Crippen LogP contribution in [0.2, 0.25) is 0 Å². The van der Waals surface area contributed by atoms with Crippen LogP contribution in [-0.4, -0.2) is 88.3 Å². The lowest BCUT2D eigenvalue weighted by molar-refractivity contribution is -0.300. The molecule has 136 valence electrons. The molecule has 1 saturated heterocycles. The number of carbonyl (C=O) groups excluding carboxylic acids is 1. The Morgan fingerprint density at radius 2 is 1.96 bits per heavy atom. The standard InChI is InChI=1S/C14H27NO7S/c1-2-15-10(17)4-7-23-6-3-5-21-14-13(20)12(19)11(18)9(8-16)22-14/h9,11-14,16,18-20H,2-8H2,1H3,(H,15,17)/t9?,11-,12-,13?,14-/m0/s1. The van der Waals surface area contributed by atoms with E-state index in [1.54, 1.807) is 11.8 Å². The van der Waals surface area contributed by atoms with Crippen LogP contribution >= 0.6 is 11.8 Å². The van der Waals surface area contributed by atoms with Crippen molar-refractivity contribution in [2.45, 2.75) is 50.5 Å². The second-order valence-electron chi connectivity index (χ2n) is 5.24. The molecule has 0 aliphatic carbocycles.